The van der Waals surface area contributed by atoms with E-state index in [0.29, 0.717) is 0 Å². The summed E-state index contributed by atoms with van der Waals surface area (Å²) in [7, 11) is 0. The molecule has 2 atom stereocenters. The van der Waals surface area contributed by atoms with E-state index in [1.165, 1.54) is 0 Å². The number of hydrogen-bond donors (Lipinski definition) is 1. The van der Waals surface area contributed by atoms with Gasteiger partial charge in [-0.3, -0.25) is 4.79 Å². The van der Waals surface area contributed by atoms with Crippen molar-refractivity contribution in [3.05, 3.63) is 30.3 Å². The molecule has 2 rings (SSSR count). The van der Waals surface area contributed by atoms with Gasteiger partial charge in [-0.1, -0.05) is 18.2 Å². The van der Waals surface area contributed by atoms with Gasteiger partial charge in [0.2, 0.25) is 0 Å². The van der Waals surface area contributed by atoms with Crippen molar-refractivity contribution in [2.75, 3.05) is 6.54 Å². The van der Waals surface area contributed by atoms with Crippen LogP contribution in [0.5, 0.6) is 5.75 Å². The highest BCUT2D eigenvalue weighted by Crippen LogP contribution is 2.16. The van der Waals surface area contributed by atoms with E-state index in [9.17, 15) is 4.79 Å². The first kappa shape index (κ1) is 10.2. The number of benzene rings is 1. The highest BCUT2D eigenvalue weighted by atomic mass is 16.5. The van der Waals surface area contributed by atoms with E-state index in [-0.39, 0.29) is 17.9 Å². The Balaban J connectivity index is 1.90. The van der Waals surface area contributed by atoms with Crippen LogP contribution in [0.4, 0.5) is 0 Å². The Bertz CT molecular complexity index is 337. The smallest absolute Gasteiger partial charge is 0.146 e. The summed E-state index contributed by atoms with van der Waals surface area (Å²) in [5, 5.41) is 3.15. The lowest BCUT2D eigenvalue weighted by Crippen LogP contribution is -2.28. The first-order valence-electron chi connectivity index (χ1n) is 5.21. The summed E-state index contributed by atoms with van der Waals surface area (Å²) in [6, 6.07) is 9.68. The molecular formula is C12H15NO2. The molecule has 1 saturated heterocycles. The molecule has 0 spiro atoms. The highest BCUT2D eigenvalue weighted by molar-refractivity contribution is 5.81. The fourth-order valence-corrected chi connectivity index (χ4v) is 1.79. The zero-order chi connectivity index (χ0) is 10.7. The number of ether oxygens (including phenoxy) is 1. The second-order valence-corrected chi connectivity index (χ2v) is 3.86. The number of hydrogen-bond acceptors (Lipinski definition) is 3. The number of para-hydroxylation sites is 1. The summed E-state index contributed by atoms with van der Waals surface area (Å²) in [6.07, 6.45) is 0.880. The molecule has 1 N–H and O–H groups in total. The van der Waals surface area contributed by atoms with Crippen LogP contribution in [0.25, 0.3) is 0 Å². The third-order valence-corrected chi connectivity index (χ3v) is 2.63. The molecule has 0 radical (unpaired) electrons. The molecule has 1 aromatic carbocycles. The van der Waals surface area contributed by atoms with Crippen LogP contribution in [0.1, 0.15) is 13.3 Å². The molecule has 0 aromatic heterocycles. The van der Waals surface area contributed by atoms with Gasteiger partial charge < -0.3 is 10.1 Å². The lowest BCUT2D eigenvalue weighted by molar-refractivity contribution is -0.118. The second-order valence-electron chi connectivity index (χ2n) is 3.86. The van der Waals surface area contributed by atoms with Crippen molar-refractivity contribution in [1.82, 2.24) is 5.32 Å². The van der Waals surface area contributed by atoms with Crippen molar-refractivity contribution in [2.45, 2.75) is 25.5 Å². The van der Waals surface area contributed by atoms with Gasteiger partial charge in [-0.15, -0.1) is 0 Å². The van der Waals surface area contributed by atoms with Gasteiger partial charge >= 0.3 is 0 Å². The van der Waals surface area contributed by atoms with Gasteiger partial charge in [-0.2, -0.15) is 0 Å². The predicted molar refractivity (Wildman–Crippen MR) is 57.9 cm³/mol. The molecule has 1 aliphatic rings. The summed E-state index contributed by atoms with van der Waals surface area (Å²) >= 11 is 0. The van der Waals surface area contributed by atoms with Gasteiger partial charge in [-0.05, 0) is 19.1 Å². The maximum Gasteiger partial charge on any atom is 0.146 e. The SMILES string of the molecule is CC(=O)[C@@H]1C[C@@H](Oc2ccccc2)CN1. The van der Waals surface area contributed by atoms with E-state index in [0.717, 1.165) is 18.7 Å². The van der Waals surface area contributed by atoms with Crippen molar-refractivity contribution in [3.63, 3.8) is 0 Å². The third kappa shape index (κ3) is 2.57. The topological polar surface area (TPSA) is 38.3 Å². The summed E-state index contributed by atoms with van der Waals surface area (Å²) in [5.41, 5.74) is 0. The number of carbonyl (C=O) groups is 1. The number of nitrogens with one attached hydrogen (secondary N) is 1. The van der Waals surface area contributed by atoms with Gasteiger partial charge in [0.05, 0.1) is 6.04 Å². The zero-order valence-corrected chi connectivity index (χ0v) is 8.77. The van der Waals surface area contributed by atoms with Gasteiger partial charge in [0.25, 0.3) is 0 Å². The number of carbonyl (C=O) groups excluding carboxylic acids is 1. The molecular weight excluding hydrogens is 190 g/mol. The predicted octanol–water partition coefficient (Wildman–Crippen LogP) is 1.38. The molecule has 0 amide bonds. The number of ketones is 1. The van der Waals surface area contributed by atoms with Crippen LogP contribution in [-0.2, 0) is 4.79 Å². The van der Waals surface area contributed by atoms with Gasteiger partial charge in [0.15, 0.2) is 0 Å². The average molecular weight is 205 g/mol. The van der Waals surface area contributed by atoms with Crippen LogP contribution in [0.15, 0.2) is 30.3 Å². The average Bonchev–Trinajstić information content (AvgIpc) is 2.68. The standard InChI is InChI=1S/C12H15NO2/c1-9(14)12-7-11(8-13-12)15-10-5-3-2-4-6-10/h2-6,11-13H,7-8H2,1H3/t11-,12+/m1/s1. The van der Waals surface area contributed by atoms with Crippen LogP contribution in [-0.4, -0.2) is 24.5 Å². The Labute approximate surface area is 89.4 Å². The van der Waals surface area contributed by atoms with Crippen molar-refractivity contribution in [1.29, 1.82) is 0 Å². The monoisotopic (exact) mass is 205 g/mol. The minimum atomic E-state index is -0.0290. The van der Waals surface area contributed by atoms with Crippen molar-refractivity contribution in [2.24, 2.45) is 0 Å². The summed E-state index contributed by atoms with van der Waals surface area (Å²) in [6.45, 7) is 2.36. The van der Waals surface area contributed by atoms with Gasteiger partial charge in [-0.25, -0.2) is 0 Å². The number of rotatable bonds is 3. The molecule has 1 heterocycles. The molecule has 15 heavy (non-hydrogen) atoms. The molecule has 1 fully saturated rings. The summed E-state index contributed by atoms with van der Waals surface area (Å²) < 4.78 is 5.74. The van der Waals surface area contributed by atoms with E-state index >= 15 is 0 Å². The fourth-order valence-electron chi connectivity index (χ4n) is 1.79. The van der Waals surface area contributed by atoms with Gasteiger partial charge in [0.1, 0.15) is 17.6 Å². The summed E-state index contributed by atoms with van der Waals surface area (Å²) in [4.78, 5) is 11.1. The van der Waals surface area contributed by atoms with Crippen LogP contribution in [0.3, 0.4) is 0 Å². The van der Waals surface area contributed by atoms with E-state index in [2.05, 4.69) is 5.32 Å². The Morgan fingerprint density at radius 2 is 2.13 bits per heavy atom. The van der Waals surface area contributed by atoms with Gasteiger partial charge in [0, 0.05) is 13.0 Å². The highest BCUT2D eigenvalue weighted by Gasteiger charge is 2.28. The fraction of sp³-hybridized carbons (Fsp3) is 0.417. The normalized spacial score (nSPS) is 25.1. The van der Waals surface area contributed by atoms with E-state index in [1.807, 2.05) is 30.3 Å². The maximum atomic E-state index is 11.1. The molecule has 3 nitrogen and oxygen atoms in total. The lowest BCUT2D eigenvalue weighted by atomic mass is 10.1. The first-order chi connectivity index (χ1) is 7.25. The molecule has 80 valence electrons. The number of Topliss-reactive ketones (excluding diaryl/α,β-unsaturated/α-hetero) is 1. The first-order valence-corrected chi connectivity index (χ1v) is 5.21. The van der Waals surface area contributed by atoms with Crippen LogP contribution < -0.4 is 10.1 Å². The Morgan fingerprint density at radius 1 is 1.40 bits per heavy atom. The van der Waals surface area contributed by atoms with E-state index in [4.69, 9.17) is 4.74 Å². The van der Waals surface area contributed by atoms with Crippen molar-refractivity contribution < 1.29 is 9.53 Å². The molecule has 3 heteroatoms. The lowest BCUT2D eigenvalue weighted by Gasteiger charge is -2.12. The summed E-state index contributed by atoms with van der Waals surface area (Å²) in [5.74, 6) is 1.06. The molecule has 0 bridgehead atoms. The third-order valence-electron chi connectivity index (χ3n) is 2.63. The van der Waals surface area contributed by atoms with E-state index < -0.39 is 0 Å². The Morgan fingerprint density at radius 3 is 2.73 bits per heavy atom. The molecule has 0 unspecified atom stereocenters. The van der Waals surface area contributed by atoms with Crippen LogP contribution >= 0.6 is 0 Å². The molecule has 1 aromatic rings. The largest absolute Gasteiger partial charge is 0.489 e. The molecule has 1 aliphatic heterocycles. The Hall–Kier alpha value is -1.35. The second kappa shape index (κ2) is 4.45. The van der Waals surface area contributed by atoms with Crippen LogP contribution in [0, 0.1) is 0 Å². The molecule has 0 saturated carbocycles. The minimum absolute atomic E-state index is 0.0290. The van der Waals surface area contributed by atoms with Crippen molar-refractivity contribution >= 4 is 5.78 Å². The quantitative estimate of drug-likeness (QED) is 0.810. The minimum Gasteiger partial charge on any atom is -0.489 e. The maximum absolute atomic E-state index is 11.1. The molecule has 0 aliphatic carbocycles. The van der Waals surface area contributed by atoms with Crippen molar-refractivity contribution in [3.8, 4) is 5.75 Å². The zero-order valence-electron chi connectivity index (χ0n) is 8.77. The van der Waals surface area contributed by atoms with E-state index in [1.54, 1.807) is 6.92 Å². The van der Waals surface area contributed by atoms with Crippen LogP contribution in [0.2, 0.25) is 0 Å². The Kier molecular flexibility index (Phi) is 3.02.